The van der Waals surface area contributed by atoms with E-state index in [9.17, 15) is 24.6 Å². The molecule has 0 aromatic heterocycles. The first kappa shape index (κ1) is 24.8. The van der Waals surface area contributed by atoms with E-state index in [1.54, 1.807) is 26.0 Å². The van der Waals surface area contributed by atoms with Gasteiger partial charge in [-0.05, 0) is 56.9 Å². The Balaban J connectivity index is 1.88. The molecule has 3 atom stereocenters. The molecule has 1 aliphatic heterocycles. The summed E-state index contributed by atoms with van der Waals surface area (Å²) in [6.07, 6.45) is -1.39. The second kappa shape index (κ2) is 9.97. The Morgan fingerprint density at radius 3 is 2.42 bits per heavy atom. The molecule has 1 heterocycles. The van der Waals surface area contributed by atoms with Gasteiger partial charge in [0, 0.05) is 10.3 Å². The number of thioether (sulfide) groups is 1. The van der Waals surface area contributed by atoms with Crippen LogP contribution in [0.15, 0.2) is 48.5 Å². The number of aliphatic carboxylic acids is 1. The average Bonchev–Trinajstić information content (AvgIpc) is 3.10. The van der Waals surface area contributed by atoms with Crippen LogP contribution in [0.1, 0.15) is 40.9 Å². The third-order valence-electron chi connectivity index (χ3n) is 6.16. The van der Waals surface area contributed by atoms with E-state index in [4.69, 9.17) is 0 Å². The predicted octanol–water partition coefficient (Wildman–Crippen LogP) is 2.77. The quantitative estimate of drug-likeness (QED) is 0.575. The molecule has 3 N–H and O–H groups in total. The van der Waals surface area contributed by atoms with Crippen LogP contribution < -0.4 is 5.32 Å². The normalized spacial score (nSPS) is 19.1. The fourth-order valence-electron chi connectivity index (χ4n) is 4.08. The lowest BCUT2D eigenvalue weighted by atomic mass is 9.96. The van der Waals surface area contributed by atoms with E-state index in [1.165, 1.54) is 16.7 Å². The minimum absolute atomic E-state index is 0.156. The number of amides is 2. The van der Waals surface area contributed by atoms with E-state index in [0.29, 0.717) is 5.56 Å². The summed E-state index contributed by atoms with van der Waals surface area (Å²) in [4.78, 5) is 39.4. The Morgan fingerprint density at radius 2 is 1.79 bits per heavy atom. The molecule has 2 amide bonds. The van der Waals surface area contributed by atoms with E-state index in [0.717, 1.165) is 16.7 Å². The van der Waals surface area contributed by atoms with Gasteiger partial charge in [-0.15, -0.1) is 11.8 Å². The molecule has 2 aromatic carbocycles. The lowest BCUT2D eigenvalue weighted by Gasteiger charge is -2.31. The zero-order chi connectivity index (χ0) is 24.3. The van der Waals surface area contributed by atoms with Crippen molar-refractivity contribution < 1.29 is 24.6 Å². The van der Waals surface area contributed by atoms with E-state index < -0.39 is 40.7 Å². The molecule has 0 aliphatic carbocycles. The van der Waals surface area contributed by atoms with Gasteiger partial charge in [-0.1, -0.05) is 42.5 Å². The molecule has 176 valence electrons. The lowest BCUT2D eigenvalue weighted by molar-refractivity contribution is -0.154. The van der Waals surface area contributed by atoms with Crippen molar-refractivity contribution in [2.24, 2.45) is 0 Å². The molecule has 0 bridgehead atoms. The molecular formula is C25H30N2O5S. The minimum atomic E-state index is -1.60. The molecule has 33 heavy (non-hydrogen) atoms. The van der Waals surface area contributed by atoms with Crippen LogP contribution in [0.5, 0.6) is 0 Å². The summed E-state index contributed by atoms with van der Waals surface area (Å²) >= 11 is 1.35. The number of carbonyl (C=O) groups is 3. The molecule has 0 saturated carbocycles. The van der Waals surface area contributed by atoms with Gasteiger partial charge >= 0.3 is 5.97 Å². The van der Waals surface area contributed by atoms with Crippen LogP contribution in [0.4, 0.5) is 0 Å². The number of aliphatic hydroxyl groups is 1. The topological polar surface area (TPSA) is 107 Å². The van der Waals surface area contributed by atoms with Crippen molar-refractivity contribution in [3.05, 3.63) is 70.8 Å². The minimum Gasteiger partial charge on any atom is -0.480 e. The molecule has 0 radical (unpaired) electrons. The third kappa shape index (κ3) is 5.39. The van der Waals surface area contributed by atoms with Gasteiger partial charge in [-0.25, -0.2) is 4.79 Å². The second-order valence-corrected chi connectivity index (χ2v) is 10.5. The first-order chi connectivity index (χ1) is 15.5. The summed E-state index contributed by atoms with van der Waals surface area (Å²) in [6.45, 7) is 7.28. The summed E-state index contributed by atoms with van der Waals surface area (Å²) in [6, 6.07) is 12.6. The molecule has 3 unspecified atom stereocenters. The lowest BCUT2D eigenvalue weighted by Crippen LogP contribution is -2.57. The highest BCUT2D eigenvalue weighted by atomic mass is 32.2. The maximum Gasteiger partial charge on any atom is 0.327 e. The van der Waals surface area contributed by atoms with E-state index in [2.05, 4.69) is 5.32 Å². The molecule has 3 rings (SSSR count). The van der Waals surface area contributed by atoms with E-state index >= 15 is 0 Å². The molecule has 7 nitrogen and oxygen atoms in total. The van der Waals surface area contributed by atoms with Gasteiger partial charge in [0.1, 0.15) is 6.04 Å². The number of carbonyl (C=O) groups excluding carboxylic acids is 2. The van der Waals surface area contributed by atoms with Crippen LogP contribution >= 0.6 is 11.8 Å². The summed E-state index contributed by atoms with van der Waals surface area (Å²) in [7, 11) is 0. The van der Waals surface area contributed by atoms with Gasteiger partial charge in [-0.3, -0.25) is 9.59 Å². The highest BCUT2D eigenvalue weighted by Gasteiger charge is 2.50. The Labute approximate surface area is 198 Å². The number of benzene rings is 2. The van der Waals surface area contributed by atoms with E-state index in [-0.39, 0.29) is 12.3 Å². The number of aryl methyl sites for hydroxylation is 1. The first-order valence-electron chi connectivity index (χ1n) is 10.8. The van der Waals surface area contributed by atoms with Crippen LogP contribution in [0.25, 0.3) is 0 Å². The van der Waals surface area contributed by atoms with Crippen molar-refractivity contribution >= 4 is 29.5 Å². The molecule has 1 fully saturated rings. The average molecular weight is 471 g/mol. The van der Waals surface area contributed by atoms with Gasteiger partial charge in [0.15, 0.2) is 6.10 Å². The fraction of sp³-hybridized carbons (Fsp3) is 0.400. The van der Waals surface area contributed by atoms with Crippen molar-refractivity contribution in [2.45, 2.75) is 57.1 Å². The highest BCUT2D eigenvalue weighted by molar-refractivity contribution is 8.00. The number of nitrogens with one attached hydrogen (secondary N) is 1. The Kier molecular flexibility index (Phi) is 7.49. The number of hydrogen-bond donors (Lipinski definition) is 3. The monoisotopic (exact) mass is 470 g/mol. The van der Waals surface area contributed by atoms with Crippen molar-refractivity contribution in [1.29, 1.82) is 0 Å². The van der Waals surface area contributed by atoms with Crippen molar-refractivity contribution in [2.75, 3.05) is 5.88 Å². The van der Waals surface area contributed by atoms with Gasteiger partial charge in [-0.2, -0.15) is 0 Å². The van der Waals surface area contributed by atoms with Crippen molar-refractivity contribution in [1.82, 2.24) is 10.2 Å². The smallest absolute Gasteiger partial charge is 0.327 e. The van der Waals surface area contributed by atoms with Crippen LogP contribution in [0.2, 0.25) is 0 Å². The summed E-state index contributed by atoms with van der Waals surface area (Å²) in [5.41, 5.74) is 3.08. The number of nitrogens with zero attached hydrogens (tertiary/aromatic N) is 1. The molecule has 2 aromatic rings. The van der Waals surface area contributed by atoms with Crippen molar-refractivity contribution in [3.8, 4) is 0 Å². The molecular weight excluding hydrogens is 440 g/mol. The number of hydrogen-bond acceptors (Lipinski definition) is 5. The number of carboxylic acids is 1. The summed E-state index contributed by atoms with van der Waals surface area (Å²) in [5.74, 6) is -2.06. The molecule has 0 spiro atoms. The molecule has 1 aliphatic rings. The predicted molar refractivity (Wildman–Crippen MR) is 128 cm³/mol. The third-order valence-corrected chi connectivity index (χ3v) is 7.54. The first-order valence-corrected chi connectivity index (χ1v) is 11.8. The SMILES string of the molecule is Cc1cccc(C(=O)NC(Cc2ccccc2)C(O)C(=O)N2CSC(C)(C)C2C(=O)O)c1C. The maximum absolute atomic E-state index is 13.3. The molecule has 1 saturated heterocycles. The van der Waals surface area contributed by atoms with Gasteiger partial charge in [0.05, 0.1) is 11.9 Å². The zero-order valence-electron chi connectivity index (χ0n) is 19.2. The van der Waals surface area contributed by atoms with Gasteiger partial charge in [0.25, 0.3) is 11.8 Å². The fourth-order valence-corrected chi connectivity index (χ4v) is 5.22. The number of carboxylic acid groups (broad SMARTS) is 1. The van der Waals surface area contributed by atoms with Crippen LogP contribution in [-0.2, 0) is 16.0 Å². The van der Waals surface area contributed by atoms with Crippen LogP contribution in [0.3, 0.4) is 0 Å². The van der Waals surface area contributed by atoms with Crippen LogP contribution in [0, 0.1) is 13.8 Å². The van der Waals surface area contributed by atoms with Crippen molar-refractivity contribution in [3.63, 3.8) is 0 Å². The Morgan fingerprint density at radius 1 is 1.12 bits per heavy atom. The second-order valence-electron chi connectivity index (χ2n) is 8.89. The summed E-state index contributed by atoms with van der Waals surface area (Å²) < 4.78 is -0.696. The highest BCUT2D eigenvalue weighted by Crippen LogP contribution is 2.39. The van der Waals surface area contributed by atoms with Gasteiger partial charge in [0.2, 0.25) is 0 Å². The zero-order valence-corrected chi connectivity index (χ0v) is 20.1. The standard InChI is InChI=1S/C25H30N2O5S/c1-15-9-8-12-18(16(15)2)22(29)26-19(13-17-10-6-5-7-11-17)20(28)23(30)27-14-33-25(3,4)21(27)24(31)32/h5-12,19-21,28H,13-14H2,1-4H3,(H,26,29)(H,31,32). The summed E-state index contributed by atoms with van der Waals surface area (Å²) in [5, 5.41) is 23.6. The molecule has 8 heteroatoms. The number of aliphatic hydroxyl groups excluding tert-OH is 1. The maximum atomic E-state index is 13.3. The largest absolute Gasteiger partial charge is 0.480 e. The Hall–Kier alpha value is -2.84. The van der Waals surface area contributed by atoms with E-state index in [1.807, 2.05) is 50.2 Å². The Bertz CT molecular complexity index is 1040. The van der Waals surface area contributed by atoms with Crippen LogP contribution in [-0.4, -0.2) is 61.7 Å². The number of rotatable bonds is 7. The van der Waals surface area contributed by atoms with Gasteiger partial charge < -0.3 is 20.4 Å².